The molecular weight excluding hydrogens is 332 g/mol. The summed E-state index contributed by atoms with van der Waals surface area (Å²) in [5.41, 5.74) is 5.94. The fourth-order valence-corrected chi connectivity index (χ4v) is 3.45. The summed E-state index contributed by atoms with van der Waals surface area (Å²) < 4.78 is 0. The highest BCUT2D eigenvalue weighted by atomic mass is 16.4. The second-order valence-electron chi connectivity index (χ2n) is 8.19. The molecule has 0 aliphatic heterocycles. The maximum absolute atomic E-state index is 11.1. The van der Waals surface area contributed by atoms with E-state index in [1.165, 1.54) is 36.0 Å². The Kier molecular flexibility index (Phi) is 9.28. The Hall–Kier alpha value is -2.09. The van der Waals surface area contributed by atoms with E-state index in [1.54, 1.807) is 6.08 Å². The fourth-order valence-electron chi connectivity index (χ4n) is 3.45. The Morgan fingerprint density at radius 3 is 2.37 bits per heavy atom. The van der Waals surface area contributed by atoms with Crippen LogP contribution in [0.15, 0.2) is 70.4 Å². The van der Waals surface area contributed by atoms with Crippen LogP contribution in [0.4, 0.5) is 0 Å². The van der Waals surface area contributed by atoms with E-state index in [2.05, 4.69) is 45.9 Å². The number of rotatable bonds is 8. The highest BCUT2D eigenvalue weighted by Crippen LogP contribution is 2.40. The Bertz CT molecular complexity index is 707. The molecule has 0 saturated carbocycles. The summed E-state index contributed by atoms with van der Waals surface area (Å²) in [5.74, 6) is -0.832. The number of aliphatic carboxylic acids is 1. The standard InChI is InChI=1S/C25H36O2/c1-7-10-22(24(26)27)16-14-19(2)11-8-12-20(3)15-17-23-21(4)13-9-18-25(23,5)6/h8,11-12,14-17H,7,9-10,13,18H2,1-6H3,(H,26,27)/b11-8+,17-15+,19-14+,20-12+,22-16+. The van der Waals surface area contributed by atoms with Crippen molar-refractivity contribution in [2.24, 2.45) is 5.41 Å². The highest BCUT2D eigenvalue weighted by molar-refractivity contribution is 5.86. The minimum Gasteiger partial charge on any atom is -0.478 e. The molecule has 0 radical (unpaired) electrons. The predicted octanol–water partition coefficient (Wildman–Crippen LogP) is 7.33. The van der Waals surface area contributed by atoms with E-state index in [0.29, 0.717) is 12.0 Å². The van der Waals surface area contributed by atoms with Gasteiger partial charge in [0.1, 0.15) is 0 Å². The number of carbonyl (C=O) groups is 1. The van der Waals surface area contributed by atoms with Crippen LogP contribution in [0.5, 0.6) is 0 Å². The van der Waals surface area contributed by atoms with Crippen molar-refractivity contribution in [3.8, 4) is 0 Å². The van der Waals surface area contributed by atoms with Crippen LogP contribution in [-0.4, -0.2) is 11.1 Å². The Balaban J connectivity index is 2.79. The molecule has 0 aromatic heterocycles. The molecular formula is C25H36O2. The predicted molar refractivity (Wildman–Crippen MR) is 117 cm³/mol. The third-order valence-electron chi connectivity index (χ3n) is 5.12. The van der Waals surface area contributed by atoms with Crippen LogP contribution in [0, 0.1) is 5.41 Å². The molecule has 1 aliphatic rings. The minimum absolute atomic E-state index is 0.265. The van der Waals surface area contributed by atoms with Crippen molar-refractivity contribution in [1.29, 1.82) is 0 Å². The van der Waals surface area contributed by atoms with Gasteiger partial charge < -0.3 is 5.11 Å². The molecule has 2 nitrogen and oxygen atoms in total. The molecule has 1 rings (SSSR count). The van der Waals surface area contributed by atoms with Gasteiger partial charge in [-0.05, 0) is 57.4 Å². The van der Waals surface area contributed by atoms with E-state index in [0.717, 1.165) is 12.0 Å². The van der Waals surface area contributed by atoms with E-state index in [1.807, 2.05) is 32.1 Å². The quantitative estimate of drug-likeness (QED) is 0.360. The summed E-state index contributed by atoms with van der Waals surface area (Å²) in [4.78, 5) is 11.1. The van der Waals surface area contributed by atoms with E-state index in [9.17, 15) is 4.79 Å². The van der Waals surface area contributed by atoms with Gasteiger partial charge in [-0.25, -0.2) is 4.79 Å². The first-order valence-corrected chi connectivity index (χ1v) is 10.0. The first kappa shape index (κ1) is 23.0. The maximum Gasteiger partial charge on any atom is 0.331 e. The number of carboxylic acids is 1. The fraction of sp³-hybridized carbons (Fsp3) is 0.480. The van der Waals surface area contributed by atoms with Crippen LogP contribution in [0.3, 0.4) is 0 Å². The summed E-state index contributed by atoms with van der Waals surface area (Å²) in [6.45, 7) is 13.0. The van der Waals surface area contributed by atoms with Crippen molar-refractivity contribution in [2.75, 3.05) is 0 Å². The minimum atomic E-state index is -0.832. The van der Waals surface area contributed by atoms with Crippen LogP contribution in [0.25, 0.3) is 0 Å². The molecule has 0 atom stereocenters. The summed E-state index contributed by atoms with van der Waals surface area (Å²) in [7, 11) is 0. The Labute approximate surface area is 165 Å². The van der Waals surface area contributed by atoms with Gasteiger partial charge in [0.15, 0.2) is 0 Å². The summed E-state index contributed by atoms with van der Waals surface area (Å²) >= 11 is 0. The summed E-state index contributed by atoms with van der Waals surface area (Å²) in [6, 6.07) is 0. The second kappa shape index (κ2) is 10.9. The van der Waals surface area contributed by atoms with Gasteiger partial charge in [-0.1, -0.05) is 86.4 Å². The van der Waals surface area contributed by atoms with E-state index in [4.69, 9.17) is 5.11 Å². The molecule has 0 aromatic rings. The van der Waals surface area contributed by atoms with Crippen LogP contribution in [-0.2, 0) is 4.79 Å². The Morgan fingerprint density at radius 2 is 1.78 bits per heavy atom. The lowest BCUT2D eigenvalue weighted by molar-refractivity contribution is -0.132. The van der Waals surface area contributed by atoms with Crippen molar-refractivity contribution < 1.29 is 9.90 Å². The molecule has 148 valence electrons. The average molecular weight is 369 g/mol. The van der Waals surface area contributed by atoms with Crippen molar-refractivity contribution in [3.05, 3.63) is 70.4 Å². The molecule has 0 unspecified atom stereocenters. The maximum atomic E-state index is 11.1. The molecule has 27 heavy (non-hydrogen) atoms. The first-order chi connectivity index (χ1) is 12.7. The second-order valence-corrected chi connectivity index (χ2v) is 8.19. The lowest BCUT2D eigenvalue weighted by Crippen LogP contribution is -2.19. The van der Waals surface area contributed by atoms with E-state index >= 15 is 0 Å². The zero-order valence-corrected chi connectivity index (χ0v) is 17.9. The average Bonchev–Trinajstić information content (AvgIpc) is 2.57. The molecule has 1 aliphatic carbocycles. The summed E-state index contributed by atoms with van der Waals surface area (Å²) in [5, 5.41) is 9.15. The smallest absolute Gasteiger partial charge is 0.331 e. The zero-order valence-electron chi connectivity index (χ0n) is 17.9. The molecule has 0 bridgehead atoms. The zero-order chi connectivity index (χ0) is 20.4. The highest BCUT2D eigenvalue weighted by Gasteiger charge is 2.26. The molecule has 2 heteroatoms. The van der Waals surface area contributed by atoms with Crippen molar-refractivity contribution in [1.82, 2.24) is 0 Å². The largest absolute Gasteiger partial charge is 0.478 e. The summed E-state index contributed by atoms with van der Waals surface area (Å²) in [6.07, 6.45) is 19.3. The van der Waals surface area contributed by atoms with Gasteiger partial charge in [-0.2, -0.15) is 0 Å². The molecule has 0 saturated heterocycles. The molecule has 0 fully saturated rings. The third kappa shape index (κ3) is 7.99. The van der Waals surface area contributed by atoms with Crippen molar-refractivity contribution in [2.45, 2.75) is 73.6 Å². The lowest BCUT2D eigenvalue weighted by Gasteiger charge is -2.32. The Morgan fingerprint density at radius 1 is 1.11 bits per heavy atom. The van der Waals surface area contributed by atoms with Crippen LogP contribution < -0.4 is 0 Å². The van der Waals surface area contributed by atoms with Crippen LogP contribution >= 0.6 is 0 Å². The number of allylic oxidation sites excluding steroid dienone is 11. The van der Waals surface area contributed by atoms with Gasteiger partial charge in [-0.3, -0.25) is 0 Å². The SMILES string of the molecule is CCC\C(=C/C=C(C)/C=C/C=C(C)/C=C/C1=C(C)CCCC1(C)C)C(=O)O. The lowest BCUT2D eigenvalue weighted by atomic mass is 9.72. The molecule has 0 aromatic carbocycles. The third-order valence-corrected chi connectivity index (χ3v) is 5.12. The number of hydrogen-bond acceptors (Lipinski definition) is 1. The van der Waals surface area contributed by atoms with Gasteiger partial charge in [0.05, 0.1) is 0 Å². The number of carboxylic acid groups (broad SMARTS) is 1. The van der Waals surface area contributed by atoms with E-state index < -0.39 is 5.97 Å². The van der Waals surface area contributed by atoms with Crippen LogP contribution in [0.1, 0.15) is 73.6 Å². The first-order valence-electron chi connectivity index (χ1n) is 10.0. The van der Waals surface area contributed by atoms with Crippen LogP contribution in [0.2, 0.25) is 0 Å². The normalized spacial score (nSPS) is 19.4. The molecule has 0 amide bonds. The molecule has 0 spiro atoms. The van der Waals surface area contributed by atoms with Gasteiger partial charge in [0.2, 0.25) is 0 Å². The van der Waals surface area contributed by atoms with Gasteiger partial charge >= 0.3 is 5.97 Å². The molecule has 1 N–H and O–H groups in total. The van der Waals surface area contributed by atoms with Gasteiger partial charge in [0.25, 0.3) is 0 Å². The van der Waals surface area contributed by atoms with Crippen molar-refractivity contribution >= 4 is 5.97 Å². The van der Waals surface area contributed by atoms with Crippen molar-refractivity contribution in [3.63, 3.8) is 0 Å². The van der Waals surface area contributed by atoms with E-state index in [-0.39, 0.29) is 5.41 Å². The topological polar surface area (TPSA) is 37.3 Å². The number of hydrogen-bond donors (Lipinski definition) is 1. The van der Waals surface area contributed by atoms with Gasteiger partial charge in [0, 0.05) is 5.57 Å². The monoisotopic (exact) mass is 368 g/mol. The van der Waals surface area contributed by atoms with Gasteiger partial charge in [-0.15, -0.1) is 0 Å². The molecule has 0 heterocycles.